The number of rotatable bonds is 3. The van der Waals surface area contributed by atoms with Gasteiger partial charge in [0.05, 0.1) is 6.61 Å². The lowest BCUT2D eigenvalue weighted by Gasteiger charge is -2.46. The van der Waals surface area contributed by atoms with Gasteiger partial charge in [-0.3, -0.25) is 4.90 Å². The molecule has 5 heteroatoms. The van der Waals surface area contributed by atoms with Gasteiger partial charge in [-0.05, 0) is 18.9 Å². The highest BCUT2D eigenvalue weighted by Gasteiger charge is 2.57. The molecule has 1 aliphatic heterocycles. The summed E-state index contributed by atoms with van der Waals surface area (Å²) in [5, 5.41) is 0. The molecule has 0 amide bonds. The lowest BCUT2D eigenvalue weighted by Crippen LogP contribution is -2.61. The first kappa shape index (κ1) is 15.3. The zero-order chi connectivity index (χ0) is 14.8. The summed E-state index contributed by atoms with van der Waals surface area (Å²) in [7, 11) is 0. The smallest absolute Gasteiger partial charge is 0.363 e. The number of hydrogen-bond donors (Lipinski definition) is 0. The Hall–Kier alpha value is -1.07. The summed E-state index contributed by atoms with van der Waals surface area (Å²) >= 11 is 0. The lowest BCUT2D eigenvalue weighted by molar-refractivity contribution is -0.303. The number of alkyl halides is 3. The van der Waals surface area contributed by atoms with E-state index in [2.05, 4.69) is 0 Å². The molecule has 1 fully saturated rings. The number of morpholine rings is 1. The van der Waals surface area contributed by atoms with E-state index in [1.54, 1.807) is 0 Å². The average molecular weight is 287 g/mol. The van der Waals surface area contributed by atoms with Crippen molar-refractivity contribution in [3.05, 3.63) is 35.9 Å². The third-order valence-electron chi connectivity index (χ3n) is 4.00. The normalized spacial score (nSPS) is 28.6. The third kappa shape index (κ3) is 2.99. The minimum absolute atomic E-state index is 0.0165. The van der Waals surface area contributed by atoms with Crippen LogP contribution in [0.4, 0.5) is 13.2 Å². The van der Waals surface area contributed by atoms with Gasteiger partial charge in [0.1, 0.15) is 0 Å². The van der Waals surface area contributed by atoms with Crippen LogP contribution >= 0.6 is 0 Å². The van der Waals surface area contributed by atoms with Crippen LogP contribution in [-0.2, 0) is 11.3 Å². The zero-order valence-electron chi connectivity index (χ0n) is 11.8. The predicted molar refractivity (Wildman–Crippen MR) is 71.3 cm³/mol. The van der Waals surface area contributed by atoms with Crippen molar-refractivity contribution in [3.8, 4) is 0 Å². The summed E-state index contributed by atoms with van der Waals surface area (Å²) in [5.74, 6) is 0. The molecule has 0 radical (unpaired) electrons. The second kappa shape index (κ2) is 5.74. The Kier molecular flexibility index (Phi) is 4.39. The van der Waals surface area contributed by atoms with Crippen molar-refractivity contribution in [1.82, 2.24) is 4.90 Å². The van der Waals surface area contributed by atoms with E-state index in [1.807, 2.05) is 42.2 Å². The molecule has 0 unspecified atom stereocenters. The highest BCUT2D eigenvalue weighted by molar-refractivity contribution is 5.15. The van der Waals surface area contributed by atoms with Crippen LogP contribution in [0.3, 0.4) is 0 Å². The summed E-state index contributed by atoms with van der Waals surface area (Å²) in [5.41, 5.74) is -1.01. The van der Waals surface area contributed by atoms with Gasteiger partial charge in [-0.25, -0.2) is 0 Å². The van der Waals surface area contributed by atoms with Gasteiger partial charge in [0.25, 0.3) is 0 Å². The van der Waals surface area contributed by atoms with Crippen LogP contribution in [0.15, 0.2) is 30.3 Å². The van der Waals surface area contributed by atoms with Gasteiger partial charge < -0.3 is 4.74 Å². The van der Waals surface area contributed by atoms with Crippen LogP contribution < -0.4 is 0 Å². The highest BCUT2D eigenvalue weighted by Crippen LogP contribution is 2.40. The molecule has 0 spiro atoms. The number of halogens is 3. The van der Waals surface area contributed by atoms with Crippen molar-refractivity contribution in [2.45, 2.75) is 44.6 Å². The molecule has 1 saturated heterocycles. The Balaban J connectivity index is 2.16. The molecule has 0 N–H and O–H groups in total. The van der Waals surface area contributed by atoms with Crippen LogP contribution in [0.2, 0.25) is 0 Å². The van der Waals surface area contributed by atoms with Crippen LogP contribution in [0.5, 0.6) is 0 Å². The Morgan fingerprint density at radius 1 is 1.30 bits per heavy atom. The topological polar surface area (TPSA) is 12.5 Å². The van der Waals surface area contributed by atoms with Crippen molar-refractivity contribution in [3.63, 3.8) is 0 Å². The third-order valence-corrected chi connectivity index (χ3v) is 4.00. The fourth-order valence-electron chi connectivity index (χ4n) is 2.53. The summed E-state index contributed by atoms with van der Waals surface area (Å²) in [4.78, 5) is 1.86. The van der Waals surface area contributed by atoms with Crippen LogP contribution in [0.1, 0.15) is 25.8 Å². The molecule has 0 aliphatic carbocycles. The maximum absolute atomic E-state index is 13.3. The second-order valence-electron chi connectivity index (χ2n) is 5.40. The quantitative estimate of drug-likeness (QED) is 0.842. The maximum Gasteiger partial charge on any atom is 0.418 e. The van der Waals surface area contributed by atoms with Gasteiger partial charge in [0.2, 0.25) is 0 Å². The minimum atomic E-state index is -4.34. The monoisotopic (exact) mass is 287 g/mol. The van der Waals surface area contributed by atoms with Crippen molar-refractivity contribution in [2.75, 3.05) is 13.2 Å². The van der Waals surface area contributed by atoms with Gasteiger partial charge >= 0.3 is 6.18 Å². The Morgan fingerprint density at radius 3 is 2.50 bits per heavy atom. The number of nitrogens with zero attached hydrogens (tertiary/aromatic N) is 1. The minimum Gasteiger partial charge on any atom is -0.363 e. The van der Waals surface area contributed by atoms with E-state index in [0.717, 1.165) is 5.56 Å². The molecule has 0 aromatic heterocycles. The van der Waals surface area contributed by atoms with Gasteiger partial charge in [0, 0.05) is 19.1 Å². The van der Waals surface area contributed by atoms with Crippen molar-refractivity contribution >= 4 is 0 Å². The SMILES string of the molecule is CC[C@]1(C(F)(F)F)CN(Cc2ccccc2)[C@@H](C)CO1. The molecule has 0 bridgehead atoms. The molecular weight excluding hydrogens is 267 g/mol. The highest BCUT2D eigenvalue weighted by atomic mass is 19.4. The standard InChI is InChI=1S/C15H20F3NO/c1-3-14(15(16,17)18)11-19(12(2)10-20-14)9-13-7-5-4-6-8-13/h4-8,12H,3,9-11H2,1-2H3/t12-,14+/m0/s1. The summed E-state index contributed by atoms with van der Waals surface area (Å²) in [6.07, 6.45) is -4.40. The Labute approximate surface area is 117 Å². The average Bonchev–Trinajstić information content (AvgIpc) is 2.41. The molecule has 20 heavy (non-hydrogen) atoms. The molecule has 1 aromatic rings. The maximum atomic E-state index is 13.3. The zero-order valence-corrected chi connectivity index (χ0v) is 11.8. The second-order valence-corrected chi connectivity index (χ2v) is 5.40. The number of hydrogen-bond acceptors (Lipinski definition) is 2. The van der Waals surface area contributed by atoms with E-state index in [4.69, 9.17) is 4.74 Å². The molecular formula is C15H20F3NO. The first-order valence-electron chi connectivity index (χ1n) is 6.86. The number of ether oxygens (including phenoxy) is 1. The Bertz CT molecular complexity index is 434. The first-order chi connectivity index (χ1) is 9.38. The van der Waals surface area contributed by atoms with Gasteiger partial charge in [0.15, 0.2) is 5.60 Å². The van der Waals surface area contributed by atoms with Crippen LogP contribution in [-0.4, -0.2) is 35.9 Å². The van der Waals surface area contributed by atoms with E-state index < -0.39 is 11.8 Å². The molecule has 1 aliphatic rings. The fourth-order valence-corrected chi connectivity index (χ4v) is 2.53. The largest absolute Gasteiger partial charge is 0.418 e. The number of benzene rings is 1. The molecule has 2 atom stereocenters. The van der Waals surface area contributed by atoms with E-state index in [-0.39, 0.29) is 25.6 Å². The first-order valence-corrected chi connectivity index (χ1v) is 6.86. The van der Waals surface area contributed by atoms with E-state index >= 15 is 0 Å². The molecule has 2 nitrogen and oxygen atoms in total. The lowest BCUT2D eigenvalue weighted by atomic mass is 9.95. The van der Waals surface area contributed by atoms with Crippen molar-refractivity contribution in [2.24, 2.45) is 0 Å². The summed E-state index contributed by atoms with van der Waals surface area (Å²) in [6.45, 7) is 3.95. The molecule has 1 heterocycles. The molecule has 1 aromatic carbocycles. The van der Waals surface area contributed by atoms with Crippen LogP contribution in [0, 0.1) is 0 Å². The van der Waals surface area contributed by atoms with Gasteiger partial charge in [-0.15, -0.1) is 0 Å². The Morgan fingerprint density at radius 2 is 1.95 bits per heavy atom. The molecule has 2 rings (SSSR count). The van der Waals surface area contributed by atoms with E-state index in [1.165, 1.54) is 6.92 Å². The fraction of sp³-hybridized carbons (Fsp3) is 0.600. The predicted octanol–water partition coefficient (Wildman–Crippen LogP) is 3.62. The molecule has 112 valence electrons. The van der Waals surface area contributed by atoms with Gasteiger partial charge in [-0.1, -0.05) is 37.3 Å². The summed E-state index contributed by atoms with van der Waals surface area (Å²) < 4.78 is 45.0. The summed E-state index contributed by atoms with van der Waals surface area (Å²) in [6, 6.07) is 9.55. The van der Waals surface area contributed by atoms with E-state index in [9.17, 15) is 13.2 Å². The van der Waals surface area contributed by atoms with Gasteiger partial charge in [-0.2, -0.15) is 13.2 Å². The van der Waals surface area contributed by atoms with Crippen molar-refractivity contribution < 1.29 is 17.9 Å². The molecule has 0 saturated carbocycles. The van der Waals surface area contributed by atoms with E-state index in [0.29, 0.717) is 6.54 Å². The van der Waals surface area contributed by atoms with Crippen molar-refractivity contribution in [1.29, 1.82) is 0 Å². The van der Waals surface area contributed by atoms with Crippen LogP contribution in [0.25, 0.3) is 0 Å².